The first kappa shape index (κ1) is 23.7. The van der Waals surface area contributed by atoms with E-state index in [-0.39, 0.29) is 0 Å². The molecule has 0 atom stereocenters. The normalized spacial score (nSPS) is 15.0. The van der Waals surface area contributed by atoms with Gasteiger partial charge < -0.3 is 9.64 Å². The summed E-state index contributed by atoms with van der Waals surface area (Å²) < 4.78 is 6.26. The Kier molecular flexibility index (Phi) is 6.08. The maximum Gasteiger partial charge on any atom is 0.124 e. The number of fused-ring (bicyclic) bond motifs is 3. The Balaban J connectivity index is 1.28. The molecular weight excluding hydrogens is 478 g/mol. The van der Waals surface area contributed by atoms with E-state index in [1.165, 1.54) is 40.1 Å². The summed E-state index contributed by atoms with van der Waals surface area (Å²) in [6.45, 7) is 4.35. The largest absolute Gasteiger partial charge is 0.491 e. The maximum absolute atomic E-state index is 6.26. The fraction of sp³-hybridized carbons (Fsp3) is 0.200. The number of aliphatic imine (C=N–C) groups is 1. The smallest absolute Gasteiger partial charge is 0.124 e. The summed E-state index contributed by atoms with van der Waals surface area (Å²) >= 11 is 0. The van der Waals surface area contributed by atoms with Gasteiger partial charge in [-0.15, -0.1) is 0 Å². The number of anilines is 1. The van der Waals surface area contributed by atoms with Gasteiger partial charge in [0, 0.05) is 34.5 Å². The van der Waals surface area contributed by atoms with Crippen LogP contribution in [0.25, 0.3) is 33.3 Å². The Labute approximate surface area is 229 Å². The fourth-order valence-corrected chi connectivity index (χ4v) is 5.81. The fourth-order valence-electron chi connectivity index (χ4n) is 5.81. The lowest BCUT2D eigenvalue weighted by Gasteiger charge is -2.24. The molecule has 2 aliphatic rings. The summed E-state index contributed by atoms with van der Waals surface area (Å²) in [5.41, 5.74) is 11.6. The van der Waals surface area contributed by atoms with E-state index in [0.29, 0.717) is 6.61 Å². The summed E-state index contributed by atoms with van der Waals surface area (Å²) in [4.78, 5) is 12.4. The van der Waals surface area contributed by atoms with Crippen LogP contribution in [0.3, 0.4) is 0 Å². The summed E-state index contributed by atoms with van der Waals surface area (Å²) in [6.07, 6.45) is 3.34. The van der Waals surface area contributed by atoms with E-state index in [1.807, 2.05) is 6.07 Å². The van der Waals surface area contributed by atoms with Crippen molar-refractivity contribution in [3.8, 4) is 28.1 Å². The van der Waals surface area contributed by atoms with Gasteiger partial charge in [0.2, 0.25) is 0 Å². The van der Waals surface area contributed by atoms with E-state index in [4.69, 9.17) is 14.7 Å². The lowest BCUT2D eigenvalue weighted by atomic mass is 9.98. The predicted octanol–water partition coefficient (Wildman–Crippen LogP) is 8.40. The molecule has 0 radical (unpaired) electrons. The quantitative estimate of drug-likeness (QED) is 0.245. The Morgan fingerprint density at radius 3 is 2.49 bits per heavy atom. The Bertz CT molecular complexity index is 1710. The second-order valence-corrected chi connectivity index (χ2v) is 10.5. The molecule has 4 nitrogen and oxygen atoms in total. The van der Waals surface area contributed by atoms with E-state index < -0.39 is 0 Å². The van der Waals surface area contributed by atoms with Crippen LogP contribution in [0, 0.1) is 0 Å². The molecule has 4 aromatic carbocycles. The highest BCUT2D eigenvalue weighted by Crippen LogP contribution is 2.37. The zero-order chi connectivity index (χ0) is 26.2. The topological polar surface area (TPSA) is 37.7 Å². The van der Waals surface area contributed by atoms with Crippen molar-refractivity contribution in [3.05, 3.63) is 108 Å². The van der Waals surface area contributed by atoms with Crippen LogP contribution in [0.5, 0.6) is 5.75 Å². The number of hydrogen-bond acceptors (Lipinski definition) is 4. The summed E-state index contributed by atoms with van der Waals surface area (Å²) in [5.74, 6) is 0.964. The highest BCUT2D eigenvalue weighted by Gasteiger charge is 2.20. The standard InChI is InChI=1S/C35H31N3O/c1-24-8-7-11-26-14-15-28(21-32(26)36-24)27-16-17-35-29(20-27)23-38(18-19-39-35)34-22-33(25-9-3-2-4-10-25)37-31-13-6-5-12-30(31)34/h2-6,9-10,12-17,20-22H,7-8,11,18-19,23H2,1H3. The van der Waals surface area contributed by atoms with E-state index >= 15 is 0 Å². The minimum Gasteiger partial charge on any atom is -0.491 e. The number of rotatable bonds is 3. The minimum atomic E-state index is 0.635. The van der Waals surface area contributed by atoms with Crippen LogP contribution in [0.1, 0.15) is 30.9 Å². The van der Waals surface area contributed by atoms with E-state index in [9.17, 15) is 0 Å². The van der Waals surface area contributed by atoms with E-state index in [1.54, 1.807) is 0 Å². The minimum absolute atomic E-state index is 0.635. The number of aromatic nitrogens is 1. The van der Waals surface area contributed by atoms with Gasteiger partial charge in [-0.05, 0) is 73.2 Å². The first-order valence-electron chi connectivity index (χ1n) is 13.8. The highest BCUT2D eigenvalue weighted by molar-refractivity contribution is 5.94. The van der Waals surface area contributed by atoms with Crippen LogP contribution in [-0.4, -0.2) is 23.8 Å². The Morgan fingerprint density at radius 1 is 0.744 bits per heavy atom. The van der Waals surface area contributed by atoms with Crippen molar-refractivity contribution >= 4 is 28.0 Å². The predicted molar refractivity (Wildman–Crippen MR) is 161 cm³/mol. The van der Waals surface area contributed by atoms with Crippen molar-refractivity contribution in [1.82, 2.24) is 4.98 Å². The summed E-state index contributed by atoms with van der Waals surface area (Å²) in [6, 6.07) is 34.5. The average molecular weight is 510 g/mol. The summed E-state index contributed by atoms with van der Waals surface area (Å²) in [5, 5.41) is 1.16. The van der Waals surface area contributed by atoms with Gasteiger partial charge in [0.05, 0.1) is 23.4 Å². The Morgan fingerprint density at radius 2 is 1.56 bits per heavy atom. The third-order valence-electron chi connectivity index (χ3n) is 7.86. The van der Waals surface area contributed by atoms with Gasteiger partial charge in [-0.1, -0.05) is 66.7 Å². The number of aryl methyl sites for hydroxylation is 1. The van der Waals surface area contributed by atoms with Crippen LogP contribution in [0.2, 0.25) is 0 Å². The van der Waals surface area contributed by atoms with Crippen molar-refractivity contribution < 1.29 is 4.74 Å². The van der Waals surface area contributed by atoms with Gasteiger partial charge in [-0.25, -0.2) is 4.98 Å². The van der Waals surface area contributed by atoms with Gasteiger partial charge >= 0.3 is 0 Å². The molecule has 3 heterocycles. The maximum atomic E-state index is 6.26. The van der Waals surface area contributed by atoms with Crippen LogP contribution >= 0.6 is 0 Å². The van der Waals surface area contributed by atoms with Gasteiger partial charge in [-0.3, -0.25) is 4.99 Å². The highest BCUT2D eigenvalue weighted by atomic mass is 16.5. The summed E-state index contributed by atoms with van der Waals surface area (Å²) in [7, 11) is 0. The van der Waals surface area contributed by atoms with Crippen LogP contribution in [0.4, 0.5) is 11.4 Å². The average Bonchev–Trinajstić information content (AvgIpc) is 3.31. The van der Waals surface area contributed by atoms with Crippen molar-refractivity contribution in [2.24, 2.45) is 4.99 Å². The van der Waals surface area contributed by atoms with Crippen LogP contribution in [-0.2, 0) is 13.0 Å². The molecule has 0 amide bonds. The SMILES string of the molecule is CC1=Nc2cc(-c3ccc4c(c3)CN(c3cc(-c5ccccc5)nc5ccccc35)CCO4)ccc2CCC1. The number of nitrogens with zero attached hydrogens (tertiary/aromatic N) is 3. The van der Waals surface area contributed by atoms with Gasteiger partial charge in [0.25, 0.3) is 0 Å². The molecule has 0 saturated heterocycles. The molecule has 7 rings (SSSR count). The first-order valence-corrected chi connectivity index (χ1v) is 13.8. The monoisotopic (exact) mass is 509 g/mol. The van der Waals surface area contributed by atoms with E-state index in [0.717, 1.165) is 59.5 Å². The number of benzene rings is 4. The molecule has 192 valence electrons. The van der Waals surface area contributed by atoms with Crippen molar-refractivity contribution in [2.45, 2.75) is 32.7 Å². The molecular formula is C35H31N3O. The third kappa shape index (κ3) is 4.67. The number of pyridine rings is 1. The van der Waals surface area contributed by atoms with Gasteiger partial charge in [0.15, 0.2) is 0 Å². The third-order valence-corrected chi connectivity index (χ3v) is 7.86. The number of hydrogen-bond donors (Lipinski definition) is 0. The molecule has 2 aliphatic heterocycles. The number of ether oxygens (including phenoxy) is 1. The molecule has 0 N–H and O–H groups in total. The molecule has 4 heteroatoms. The molecule has 0 spiro atoms. The van der Waals surface area contributed by atoms with Crippen molar-refractivity contribution in [3.63, 3.8) is 0 Å². The zero-order valence-corrected chi connectivity index (χ0v) is 22.2. The first-order chi connectivity index (χ1) is 19.2. The number of para-hydroxylation sites is 1. The second-order valence-electron chi connectivity index (χ2n) is 10.5. The second kappa shape index (κ2) is 10.0. The zero-order valence-electron chi connectivity index (χ0n) is 22.2. The van der Waals surface area contributed by atoms with E-state index in [2.05, 4.69) is 103 Å². The lowest BCUT2D eigenvalue weighted by Crippen LogP contribution is -2.25. The molecule has 0 bridgehead atoms. The van der Waals surface area contributed by atoms with Gasteiger partial charge in [-0.2, -0.15) is 0 Å². The van der Waals surface area contributed by atoms with Gasteiger partial charge in [0.1, 0.15) is 12.4 Å². The molecule has 5 aromatic rings. The van der Waals surface area contributed by atoms with Crippen LogP contribution in [0.15, 0.2) is 102 Å². The molecule has 0 aliphatic carbocycles. The van der Waals surface area contributed by atoms with Crippen molar-refractivity contribution in [1.29, 1.82) is 0 Å². The van der Waals surface area contributed by atoms with Crippen molar-refractivity contribution in [2.75, 3.05) is 18.1 Å². The lowest BCUT2D eigenvalue weighted by molar-refractivity contribution is 0.332. The molecule has 0 fully saturated rings. The molecule has 0 unspecified atom stereocenters. The molecule has 0 saturated carbocycles. The van der Waals surface area contributed by atoms with Crippen LogP contribution < -0.4 is 9.64 Å². The molecule has 39 heavy (non-hydrogen) atoms. The Hall–Kier alpha value is -4.44. The molecule has 1 aromatic heterocycles.